The smallest absolute Gasteiger partial charge is 0.306 e. The van der Waals surface area contributed by atoms with Crippen LogP contribution >= 0.6 is 0 Å². The first kappa shape index (κ1) is 51.1. The largest absolute Gasteiger partial charge is 0.462 e. The van der Waals surface area contributed by atoms with Gasteiger partial charge in [0.25, 0.3) is 0 Å². The van der Waals surface area contributed by atoms with E-state index in [1.807, 2.05) is 0 Å². The second-order valence-corrected chi connectivity index (χ2v) is 14.2. The first-order chi connectivity index (χ1) is 26.6. The molecule has 0 aromatic rings. The minimum atomic E-state index is -0.568. The number of carbonyl (C=O) groups excluding carboxylic acids is 2. The molecule has 0 radical (unpaired) electrons. The van der Waals surface area contributed by atoms with E-state index in [1.165, 1.54) is 57.8 Å². The molecule has 0 aliphatic heterocycles. The number of hydrogen-bond acceptors (Lipinski definition) is 5. The summed E-state index contributed by atoms with van der Waals surface area (Å²) in [5.74, 6) is -0.461. The van der Waals surface area contributed by atoms with Crippen LogP contribution in [0.5, 0.6) is 0 Å². The molecule has 1 unspecified atom stereocenters. The summed E-state index contributed by atoms with van der Waals surface area (Å²) in [7, 11) is 0. The molecule has 0 bridgehead atoms. The molecule has 0 spiro atoms. The average molecular weight is 751 g/mol. The Labute approximate surface area is 333 Å². The standard InChI is InChI=1S/C49H82O5/c1-4-7-10-13-15-17-19-21-23-24-25-26-27-28-30-32-34-37-39-42-48(50)53-46-47(54-49(51)43-40-36-12-9-6-3)45-52-44-41-38-35-33-31-29-22-20-18-16-14-11-8-5-2/h8,11,15-18,21-23,25-26,29,33,35,47H,4-7,9-10,12-14,19-20,24,27-28,30-32,34,36-46H2,1-3H3/b11-8-,17-15-,18-16-,23-21-,26-25-,29-22-,35-33-. The predicted octanol–water partition coefficient (Wildman–Crippen LogP) is 14.6. The maximum Gasteiger partial charge on any atom is 0.306 e. The van der Waals surface area contributed by atoms with Gasteiger partial charge in [-0.25, -0.2) is 0 Å². The van der Waals surface area contributed by atoms with Gasteiger partial charge in [-0.1, -0.05) is 170 Å². The quantitative estimate of drug-likeness (QED) is 0.0356. The van der Waals surface area contributed by atoms with Crippen LogP contribution in [0.4, 0.5) is 0 Å². The van der Waals surface area contributed by atoms with Crippen molar-refractivity contribution in [3.05, 3.63) is 85.1 Å². The van der Waals surface area contributed by atoms with Crippen molar-refractivity contribution in [2.75, 3.05) is 19.8 Å². The molecule has 0 aromatic heterocycles. The highest BCUT2D eigenvalue weighted by Crippen LogP contribution is 2.11. The van der Waals surface area contributed by atoms with Crippen molar-refractivity contribution < 1.29 is 23.8 Å². The molecule has 0 N–H and O–H groups in total. The van der Waals surface area contributed by atoms with Crippen LogP contribution in [0.15, 0.2) is 85.1 Å². The lowest BCUT2D eigenvalue weighted by atomic mass is 10.1. The van der Waals surface area contributed by atoms with Gasteiger partial charge in [-0.15, -0.1) is 0 Å². The van der Waals surface area contributed by atoms with Crippen molar-refractivity contribution in [2.45, 2.75) is 194 Å². The number of allylic oxidation sites excluding steroid dienone is 14. The summed E-state index contributed by atoms with van der Waals surface area (Å²) in [5.41, 5.74) is 0. The highest BCUT2D eigenvalue weighted by atomic mass is 16.6. The van der Waals surface area contributed by atoms with Gasteiger partial charge in [0, 0.05) is 19.4 Å². The van der Waals surface area contributed by atoms with E-state index in [0.29, 0.717) is 19.4 Å². The van der Waals surface area contributed by atoms with Gasteiger partial charge in [0.1, 0.15) is 6.61 Å². The third kappa shape index (κ3) is 41.8. The Kier molecular flexibility index (Phi) is 42.1. The van der Waals surface area contributed by atoms with Gasteiger partial charge in [0.15, 0.2) is 6.10 Å². The molecule has 0 rings (SSSR count). The fourth-order valence-corrected chi connectivity index (χ4v) is 5.64. The van der Waals surface area contributed by atoms with Crippen molar-refractivity contribution in [1.82, 2.24) is 0 Å². The van der Waals surface area contributed by atoms with Gasteiger partial charge in [-0.05, 0) is 89.9 Å². The molecule has 0 aliphatic rings. The predicted molar refractivity (Wildman–Crippen MR) is 233 cm³/mol. The van der Waals surface area contributed by atoms with E-state index in [-0.39, 0.29) is 25.2 Å². The topological polar surface area (TPSA) is 61.8 Å². The van der Waals surface area contributed by atoms with Crippen molar-refractivity contribution in [1.29, 1.82) is 0 Å². The minimum absolute atomic E-state index is 0.0523. The molecule has 0 saturated heterocycles. The molecule has 5 nitrogen and oxygen atoms in total. The van der Waals surface area contributed by atoms with Gasteiger partial charge in [0.05, 0.1) is 6.61 Å². The van der Waals surface area contributed by atoms with E-state index in [1.54, 1.807) is 0 Å². The summed E-state index contributed by atoms with van der Waals surface area (Å²) < 4.78 is 17.1. The molecule has 0 saturated carbocycles. The lowest BCUT2D eigenvalue weighted by Crippen LogP contribution is -2.30. The summed E-state index contributed by atoms with van der Waals surface area (Å²) in [6.07, 6.45) is 57.6. The van der Waals surface area contributed by atoms with E-state index in [9.17, 15) is 9.59 Å². The van der Waals surface area contributed by atoms with Gasteiger partial charge in [-0.3, -0.25) is 9.59 Å². The lowest BCUT2D eigenvalue weighted by molar-refractivity contribution is -0.163. The zero-order chi connectivity index (χ0) is 39.3. The zero-order valence-electron chi connectivity index (χ0n) is 35.2. The van der Waals surface area contributed by atoms with Crippen molar-refractivity contribution in [2.24, 2.45) is 0 Å². The molecule has 0 aromatic carbocycles. The van der Waals surface area contributed by atoms with Crippen molar-refractivity contribution >= 4 is 11.9 Å². The normalized spacial score (nSPS) is 13.0. The highest BCUT2D eigenvalue weighted by Gasteiger charge is 2.17. The average Bonchev–Trinajstić information content (AvgIpc) is 3.17. The first-order valence-electron chi connectivity index (χ1n) is 22.1. The van der Waals surface area contributed by atoms with Crippen LogP contribution in [0, 0.1) is 0 Å². The third-order valence-electron chi connectivity index (χ3n) is 8.92. The Morgan fingerprint density at radius 2 is 0.833 bits per heavy atom. The fourth-order valence-electron chi connectivity index (χ4n) is 5.64. The van der Waals surface area contributed by atoms with Gasteiger partial charge in [0.2, 0.25) is 0 Å². The molecule has 0 amide bonds. The van der Waals surface area contributed by atoms with E-state index in [4.69, 9.17) is 14.2 Å². The maximum atomic E-state index is 12.5. The summed E-state index contributed by atoms with van der Waals surface area (Å²) in [6.45, 7) is 7.44. The first-order valence-corrected chi connectivity index (χ1v) is 22.1. The van der Waals surface area contributed by atoms with E-state index in [0.717, 1.165) is 96.3 Å². The van der Waals surface area contributed by atoms with E-state index >= 15 is 0 Å². The number of carbonyl (C=O) groups is 2. The minimum Gasteiger partial charge on any atom is -0.462 e. The molecule has 1 atom stereocenters. The van der Waals surface area contributed by atoms with Crippen LogP contribution in [0.25, 0.3) is 0 Å². The second kappa shape index (κ2) is 44.5. The van der Waals surface area contributed by atoms with Crippen LogP contribution in [0.3, 0.4) is 0 Å². The number of ether oxygens (including phenoxy) is 3. The highest BCUT2D eigenvalue weighted by molar-refractivity contribution is 5.70. The Morgan fingerprint density at radius 1 is 0.426 bits per heavy atom. The van der Waals surface area contributed by atoms with Crippen LogP contribution in [0.1, 0.15) is 188 Å². The van der Waals surface area contributed by atoms with Crippen LogP contribution in [0.2, 0.25) is 0 Å². The van der Waals surface area contributed by atoms with Gasteiger partial charge in [-0.2, -0.15) is 0 Å². The van der Waals surface area contributed by atoms with E-state index in [2.05, 4.69) is 106 Å². The Bertz CT molecular complexity index is 1030. The Hall–Kier alpha value is -2.92. The Balaban J connectivity index is 4.17. The van der Waals surface area contributed by atoms with Crippen molar-refractivity contribution in [3.8, 4) is 0 Å². The molecule has 0 fully saturated rings. The molecule has 0 aliphatic carbocycles. The van der Waals surface area contributed by atoms with Gasteiger partial charge < -0.3 is 14.2 Å². The zero-order valence-corrected chi connectivity index (χ0v) is 35.2. The number of hydrogen-bond donors (Lipinski definition) is 0. The van der Waals surface area contributed by atoms with E-state index < -0.39 is 6.10 Å². The summed E-state index contributed by atoms with van der Waals surface area (Å²) >= 11 is 0. The number of unbranched alkanes of at least 4 members (excludes halogenated alkanes) is 14. The number of rotatable bonds is 39. The maximum absolute atomic E-state index is 12.5. The summed E-state index contributed by atoms with van der Waals surface area (Å²) in [6, 6.07) is 0. The molecular weight excluding hydrogens is 669 g/mol. The number of esters is 2. The van der Waals surface area contributed by atoms with Gasteiger partial charge >= 0.3 is 11.9 Å². The SMILES string of the molecule is CC/C=C\C/C=C\C/C=C\C/C=C\CCCOCC(COC(=O)CCCCCCCC/C=C\C/C=C\C/C=C\CCCCC)OC(=O)CCCCCCC. The third-order valence-corrected chi connectivity index (χ3v) is 8.92. The summed E-state index contributed by atoms with van der Waals surface area (Å²) in [5, 5.41) is 0. The molecule has 308 valence electrons. The van der Waals surface area contributed by atoms with Crippen molar-refractivity contribution in [3.63, 3.8) is 0 Å². The van der Waals surface area contributed by atoms with Crippen LogP contribution in [-0.2, 0) is 23.8 Å². The monoisotopic (exact) mass is 751 g/mol. The molecule has 5 heteroatoms. The second-order valence-electron chi connectivity index (χ2n) is 14.2. The van der Waals surface area contributed by atoms with Crippen LogP contribution in [-0.4, -0.2) is 37.9 Å². The molecule has 54 heavy (non-hydrogen) atoms. The summed E-state index contributed by atoms with van der Waals surface area (Å²) in [4.78, 5) is 25.0. The Morgan fingerprint density at radius 3 is 1.37 bits per heavy atom. The van der Waals surface area contributed by atoms with Crippen LogP contribution < -0.4 is 0 Å². The lowest BCUT2D eigenvalue weighted by Gasteiger charge is -2.18. The molecule has 0 heterocycles. The fraction of sp³-hybridized carbons (Fsp3) is 0.673. The molecular formula is C49H82O5.